The molecule has 0 bridgehead atoms. The lowest BCUT2D eigenvalue weighted by Crippen LogP contribution is -2.22. The van der Waals surface area contributed by atoms with E-state index >= 15 is 0 Å². The van der Waals surface area contributed by atoms with Gasteiger partial charge in [-0.1, -0.05) is 20.8 Å². The maximum absolute atomic E-state index is 12.0. The van der Waals surface area contributed by atoms with Crippen molar-refractivity contribution in [3.8, 4) is 0 Å². The molecule has 1 aliphatic rings. The number of nitrogens with one attached hydrogen (secondary N) is 2. The van der Waals surface area contributed by atoms with Crippen LogP contribution in [0.4, 0.5) is 0 Å². The highest BCUT2D eigenvalue weighted by atomic mass is 16.2. The van der Waals surface area contributed by atoms with Crippen LogP contribution in [0, 0.1) is 5.41 Å². The molecule has 2 aromatic heterocycles. The van der Waals surface area contributed by atoms with Gasteiger partial charge in [0.2, 0.25) is 0 Å². The van der Waals surface area contributed by atoms with Gasteiger partial charge in [-0.25, -0.2) is 10.4 Å². The normalized spacial score (nSPS) is 17.6. The van der Waals surface area contributed by atoms with Crippen molar-refractivity contribution in [3.63, 3.8) is 0 Å². The summed E-state index contributed by atoms with van der Waals surface area (Å²) in [6, 6.07) is 3.86. The molecule has 102 valence electrons. The van der Waals surface area contributed by atoms with Gasteiger partial charge in [0.1, 0.15) is 5.65 Å². The Labute approximate surface area is 116 Å². The fourth-order valence-electron chi connectivity index (χ4n) is 2.29. The molecule has 20 heavy (non-hydrogen) atoms. The summed E-state index contributed by atoms with van der Waals surface area (Å²) in [7, 11) is 0. The first-order valence-corrected chi connectivity index (χ1v) is 6.49. The Kier molecular flexibility index (Phi) is 2.71. The molecule has 2 aromatic rings. The highest BCUT2D eigenvalue weighted by Crippen LogP contribution is 2.27. The van der Waals surface area contributed by atoms with Crippen LogP contribution in [0.2, 0.25) is 0 Å². The monoisotopic (exact) mass is 268 g/mol. The predicted octanol–water partition coefficient (Wildman–Crippen LogP) is 2.48. The number of hydrazone groups is 1. The Hall–Kier alpha value is -2.43. The summed E-state index contributed by atoms with van der Waals surface area (Å²) in [4.78, 5) is 19.3. The molecule has 0 radical (unpaired) electrons. The Morgan fingerprint density at radius 3 is 2.85 bits per heavy atom. The number of pyridine rings is 1. The van der Waals surface area contributed by atoms with E-state index in [1.54, 1.807) is 6.20 Å². The molecule has 1 amide bonds. The van der Waals surface area contributed by atoms with E-state index in [0.717, 1.165) is 22.3 Å². The highest BCUT2D eigenvalue weighted by molar-refractivity contribution is 6.29. The number of nitrogens with zero attached hydrogens (tertiary/aromatic N) is 2. The lowest BCUT2D eigenvalue weighted by Gasteiger charge is -2.17. The molecule has 3 heterocycles. The topological polar surface area (TPSA) is 70.1 Å². The number of hydrogen-bond acceptors (Lipinski definition) is 3. The summed E-state index contributed by atoms with van der Waals surface area (Å²) in [5.41, 5.74) is 5.50. The number of hydrogen-bond donors (Lipinski definition) is 2. The predicted molar refractivity (Wildman–Crippen MR) is 79.1 cm³/mol. The average molecular weight is 268 g/mol. The van der Waals surface area contributed by atoms with Crippen LogP contribution in [-0.2, 0) is 4.79 Å². The third kappa shape index (κ3) is 2.01. The molecule has 5 nitrogen and oxygen atoms in total. The van der Waals surface area contributed by atoms with Gasteiger partial charge in [0.15, 0.2) is 0 Å². The number of aromatic nitrogens is 2. The van der Waals surface area contributed by atoms with Crippen molar-refractivity contribution < 1.29 is 4.79 Å². The van der Waals surface area contributed by atoms with Crippen LogP contribution in [0.15, 0.2) is 35.2 Å². The first kappa shape index (κ1) is 12.6. The standard InChI is InChI=1S/C15H16N4O/c1-15(2,3)12-11(14(20)19-18-12)7-9-8-17-13-10(9)5-4-6-16-13/h4-8H,1-3H3,(H,16,17)(H,19,20). The third-order valence-corrected chi connectivity index (χ3v) is 3.26. The fraction of sp³-hybridized carbons (Fsp3) is 0.267. The van der Waals surface area contributed by atoms with Crippen LogP contribution in [0.5, 0.6) is 0 Å². The summed E-state index contributed by atoms with van der Waals surface area (Å²) in [5, 5.41) is 5.15. The van der Waals surface area contributed by atoms with Crippen molar-refractivity contribution in [1.29, 1.82) is 0 Å². The summed E-state index contributed by atoms with van der Waals surface area (Å²) in [6.07, 6.45) is 5.46. The van der Waals surface area contributed by atoms with Crippen molar-refractivity contribution in [3.05, 3.63) is 35.7 Å². The van der Waals surface area contributed by atoms with Crippen molar-refractivity contribution in [1.82, 2.24) is 15.4 Å². The van der Waals surface area contributed by atoms with E-state index < -0.39 is 0 Å². The lowest BCUT2D eigenvalue weighted by molar-refractivity contribution is -0.116. The number of fused-ring (bicyclic) bond motifs is 1. The van der Waals surface area contributed by atoms with Gasteiger partial charge in [-0.15, -0.1) is 0 Å². The second-order valence-electron chi connectivity index (χ2n) is 5.85. The van der Waals surface area contributed by atoms with Crippen LogP contribution in [-0.4, -0.2) is 21.6 Å². The zero-order chi connectivity index (χ0) is 14.3. The molecule has 0 saturated heterocycles. The lowest BCUT2D eigenvalue weighted by atomic mass is 9.85. The molecule has 0 saturated carbocycles. The van der Waals surface area contributed by atoms with E-state index in [1.807, 2.05) is 45.2 Å². The SMILES string of the molecule is CC(C)(C)C1=NNC(=O)C1=Cc1c[nH]c2ncccc12. The van der Waals surface area contributed by atoms with Gasteiger partial charge in [-0.05, 0) is 18.2 Å². The molecule has 0 aromatic carbocycles. The van der Waals surface area contributed by atoms with E-state index in [9.17, 15) is 4.79 Å². The molecular weight excluding hydrogens is 252 g/mol. The van der Waals surface area contributed by atoms with E-state index in [1.165, 1.54) is 0 Å². The van der Waals surface area contributed by atoms with Crippen LogP contribution in [0.1, 0.15) is 26.3 Å². The molecule has 0 unspecified atom stereocenters. The summed E-state index contributed by atoms with van der Waals surface area (Å²) in [5.74, 6) is -0.159. The second kappa shape index (κ2) is 4.30. The molecule has 1 aliphatic heterocycles. The number of rotatable bonds is 1. The molecule has 0 fully saturated rings. The summed E-state index contributed by atoms with van der Waals surface area (Å²) < 4.78 is 0. The number of aromatic amines is 1. The first-order valence-electron chi connectivity index (χ1n) is 6.49. The van der Waals surface area contributed by atoms with Crippen molar-refractivity contribution in [2.45, 2.75) is 20.8 Å². The summed E-state index contributed by atoms with van der Waals surface area (Å²) in [6.45, 7) is 6.12. The molecule has 0 spiro atoms. The Bertz CT molecular complexity index is 747. The van der Waals surface area contributed by atoms with Crippen LogP contribution >= 0.6 is 0 Å². The second-order valence-corrected chi connectivity index (χ2v) is 5.85. The smallest absolute Gasteiger partial charge is 0.273 e. The van der Waals surface area contributed by atoms with E-state index in [0.29, 0.717) is 5.57 Å². The highest BCUT2D eigenvalue weighted by Gasteiger charge is 2.31. The Balaban J connectivity index is 2.11. The third-order valence-electron chi connectivity index (χ3n) is 3.26. The van der Waals surface area contributed by atoms with Crippen LogP contribution < -0.4 is 5.43 Å². The molecule has 0 aliphatic carbocycles. The Morgan fingerprint density at radius 1 is 1.30 bits per heavy atom. The minimum atomic E-state index is -0.185. The minimum Gasteiger partial charge on any atom is -0.346 e. The quantitative estimate of drug-likeness (QED) is 0.780. The first-order chi connectivity index (χ1) is 9.47. The largest absolute Gasteiger partial charge is 0.346 e. The number of carbonyl (C=O) groups is 1. The van der Waals surface area contributed by atoms with Gasteiger partial charge in [-0.2, -0.15) is 5.10 Å². The van der Waals surface area contributed by atoms with Crippen LogP contribution in [0.25, 0.3) is 17.1 Å². The van der Waals surface area contributed by atoms with Crippen LogP contribution in [0.3, 0.4) is 0 Å². The molecule has 5 heteroatoms. The van der Waals surface area contributed by atoms with Gasteiger partial charge in [0, 0.05) is 28.8 Å². The maximum Gasteiger partial charge on any atom is 0.273 e. The van der Waals surface area contributed by atoms with Gasteiger partial charge >= 0.3 is 0 Å². The zero-order valence-electron chi connectivity index (χ0n) is 11.7. The van der Waals surface area contributed by atoms with E-state index in [4.69, 9.17) is 0 Å². The number of H-pyrrole nitrogens is 1. The van der Waals surface area contributed by atoms with E-state index in [-0.39, 0.29) is 11.3 Å². The Morgan fingerprint density at radius 2 is 2.10 bits per heavy atom. The fourth-order valence-corrected chi connectivity index (χ4v) is 2.29. The van der Waals surface area contributed by atoms with Gasteiger partial charge in [0.05, 0.1) is 11.3 Å². The maximum atomic E-state index is 12.0. The van der Waals surface area contributed by atoms with Gasteiger partial charge < -0.3 is 4.98 Å². The zero-order valence-corrected chi connectivity index (χ0v) is 11.7. The molecule has 3 rings (SSSR count). The minimum absolute atomic E-state index is 0.159. The number of amides is 1. The van der Waals surface area contributed by atoms with Crippen molar-refractivity contribution >= 4 is 28.7 Å². The van der Waals surface area contributed by atoms with Gasteiger partial charge in [0.25, 0.3) is 5.91 Å². The number of carbonyl (C=O) groups excluding carboxylic acids is 1. The molecule has 0 atom stereocenters. The molecular formula is C15H16N4O. The molecule has 2 N–H and O–H groups in total. The van der Waals surface area contributed by atoms with Gasteiger partial charge in [-0.3, -0.25) is 4.79 Å². The van der Waals surface area contributed by atoms with Crippen molar-refractivity contribution in [2.75, 3.05) is 0 Å². The van der Waals surface area contributed by atoms with Crippen molar-refractivity contribution in [2.24, 2.45) is 10.5 Å². The summed E-state index contributed by atoms with van der Waals surface area (Å²) >= 11 is 0. The average Bonchev–Trinajstić information content (AvgIpc) is 2.95. The van der Waals surface area contributed by atoms with E-state index in [2.05, 4.69) is 20.5 Å².